The first-order valence-corrected chi connectivity index (χ1v) is 6.61. The number of carbonyl (C=O) groups is 2. The van der Waals surface area contributed by atoms with Crippen LogP contribution in [-0.2, 0) is 16.0 Å². The number of rotatable bonds is 5. The van der Waals surface area contributed by atoms with Gasteiger partial charge >= 0.3 is 6.18 Å². The van der Waals surface area contributed by atoms with Gasteiger partial charge in [0, 0.05) is 24.7 Å². The van der Waals surface area contributed by atoms with Crippen molar-refractivity contribution in [3.8, 4) is 0 Å². The number of aromatic nitrogens is 1. The van der Waals surface area contributed by atoms with Crippen molar-refractivity contribution in [2.75, 3.05) is 6.54 Å². The lowest BCUT2D eigenvalue weighted by atomic mass is 9.74. The van der Waals surface area contributed by atoms with Crippen molar-refractivity contribution in [2.24, 2.45) is 11.8 Å². The predicted octanol–water partition coefficient (Wildman–Crippen LogP) is 1.90. The molecule has 0 saturated heterocycles. The van der Waals surface area contributed by atoms with E-state index in [4.69, 9.17) is 0 Å². The lowest BCUT2D eigenvalue weighted by Gasteiger charge is -2.35. The number of halogens is 3. The second kappa shape index (κ2) is 6.24. The number of ketones is 1. The third-order valence-corrected chi connectivity index (χ3v) is 3.58. The fourth-order valence-electron chi connectivity index (χ4n) is 2.22. The van der Waals surface area contributed by atoms with Crippen LogP contribution in [0.4, 0.5) is 13.2 Å². The van der Waals surface area contributed by atoms with Crippen molar-refractivity contribution in [3.63, 3.8) is 0 Å². The summed E-state index contributed by atoms with van der Waals surface area (Å²) in [6, 6.07) is 3.39. The van der Waals surface area contributed by atoms with E-state index in [1.165, 1.54) is 0 Å². The van der Waals surface area contributed by atoms with Gasteiger partial charge in [-0.25, -0.2) is 0 Å². The summed E-state index contributed by atoms with van der Waals surface area (Å²) in [4.78, 5) is 27.1. The molecule has 0 atom stereocenters. The zero-order valence-corrected chi connectivity index (χ0v) is 11.2. The van der Waals surface area contributed by atoms with Crippen LogP contribution in [0.25, 0.3) is 0 Å². The van der Waals surface area contributed by atoms with Gasteiger partial charge in [0.15, 0.2) is 5.78 Å². The number of hydrogen-bond donors (Lipinski definition) is 1. The van der Waals surface area contributed by atoms with Gasteiger partial charge in [0.1, 0.15) is 0 Å². The minimum absolute atomic E-state index is 0.158. The van der Waals surface area contributed by atoms with Gasteiger partial charge in [-0.1, -0.05) is 0 Å². The quantitative estimate of drug-likeness (QED) is 0.903. The molecule has 1 aliphatic rings. The number of nitrogens with one attached hydrogen (secondary N) is 1. The molecule has 2 rings (SSSR count). The van der Waals surface area contributed by atoms with E-state index >= 15 is 0 Å². The number of carbonyl (C=O) groups excluding carboxylic acids is 2. The Kier molecular flexibility index (Phi) is 4.59. The van der Waals surface area contributed by atoms with Crippen molar-refractivity contribution in [2.45, 2.75) is 25.4 Å². The molecule has 1 N–H and O–H groups in total. The molecule has 0 spiro atoms. The second-order valence-electron chi connectivity index (χ2n) is 5.20. The summed E-state index contributed by atoms with van der Waals surface area (Å²) in [5, 5.41) is 2.41. The third-order valence-electron chi connectivity index (χ3n) is 3.58. The van der Waals surface area contributed by atoms with E-state index in [1.54, 1.807) is 24.5 Å². The average molecular weight is 300 g/mol. The summed E-state index contributed by atoms with van der Waals surface area (Å²) in [5.74, 6) is -2.69. The van der Waals surface area contributed by atoms with Crippen LogP contribution in [0.1, 0.15) is 18.4 Å². The first-order chi connectivity index (χ1) is 9.86. The molecule has 0 unspecified atom stereocenters. The number of Topliss-reactive ketones (excluding diaryl/α,β-unsaturated/α-hetero) is 1. The normalized spacial score (nSPS) is 21.5. The van der Waals surface area contributed by atoms with Crippen LogP contribution >= 0.6 is 0 Å². The Labute approximate surface area is 119 Å². The van der Waals surface area contributed by atoms with Crippen LogP contribution in [-0.4, -0.2) is 29.4 Å². The van der Waals surface area contributed by atoms with Crippen LogP contribution in [0.2, 0.25) is 0 Å². The van der Waals surface area contributed by atoms with Crippen LogP contribution < -0.4 is 5.32 Å². The molecule has 7 heteroatoms. The Morgan fingerprint density at radius 3 is 2.43 bits per heavy atom. The highest BCUT2D eigenvalue weighted by Gasteiger charge is 2.49. The number of nitrogens with zero attached hydrogens (tertiary/aromatic N) is 1. The van der Waals surface area contributed by atoms with E-state index in [0.29, 0.717) is 0 Å². The SMILES string of the molecule is O=C(CNC(=O)C1CC(C(F)(F)F)C1)Cc1ccncc1. The van der Waals surface area contributed by atoms with Crippen molar-refractivity contribution < 1.29 is 22.8 Å². The fraction of sp³-hybridized carbons (Fsp3) is 0.500. The highest BCUT2D eigenvalue weighted by atomic mass is 19.4. The summed E-state index contributed by atoms with van der Waals surface area (Å²) < 4.78 is 36.9. The molecule has 114 valence electrons. The van der Waals surface area contributed by atoms with Gasteiger partial charge in [0.25, 0.3) is 0 Å². The molecule has 4 nitrogen and oxygen atoms in total. The average Bonchev–Trinajstić information content (AvgIpc) is 2.34. The Hall–Kier alpha value is -1.92. The molecule has 1 aromatic heterocycles. The van der Waals surface area contributed by atoms with Crippen molar-refractivity contribution in [3.05, 3.63) is 30.1 Å². The number of alkyl halides is 3. The van der Waals surface area contributed by atoms with Gasteiger partial charge in [-0.05, 0) is 30.5 Å². The summed E-state index contributed by atoms with van der Waals surface area (Å²) in [6.07, 6.45) is -1.31. The molecule has 1 aromatic rings. The third kappa shape index (κ3) is 4.27. The van der Waals surface area contributed by atoms with Crippen molar-refractivity contribution >= 4 is 11.7 Å². The second-order valence-corrected chi connectivity index (χ2v) is 5.20. The van der Waals surface area contributed by atoms with E-state index in [2.05, 4.69) is 10.3 Å². The van der Waals surface area contributed by atoms with Crippen LogP contribution in [0.5, 0.6) is 0 Å². The lowest BCUT2D eigenvalue weighted by Crippen LogP contribution is -2.45. The molecule has 1 amide bonds. The van der Waals surface area contributed by atoms with E-state index < -0.39 is 23.9 Å². The molecule has 1 aliphatic carbocycles. The number of pyridine rings is 1. The monoisotopic (exact) mass is 300 g/mol. The number of hydrogen-bond acceptors (Lipinski definition) is 3. The standard InChI is InChI=1S/C14H15F3N2O2/c15-14(16,17)11-6-10(7-11)13(21)19-8-12(20)5-9-1-3-18-4-2-9/h1-4,10-11H,5-8H2,(H,19,21). The molecular formula is C14H15F3N2O2. The van der Waals surface area contributed by atoms with Gasteiger partial charge in [0.2, 0.25) is 5.91 Å². The molecule has 0 aromatic carbocycles. The van der Waals surface area contributed by atoms with E-state index in [1.807, 2.05) is 0 Å². The Morgan fingerprint density at radius 1 is 1.24 bits per heavy atom. The number of amides is 1. The van der Waals surface area contributed by atoms with Gasteiger partial charge in [-0.15, -0.1) is 0 Å². The first kappa shape index (κ1) is 15.5. The van der Waals surface area contributed by atoms with Gasteiger partial charge < -0.3 is 5.32 Å². The summed E-state index contributed by atoms with van der Waals surface area (Å²) >= 11 is 0. The maximum absolute atomic E-state index is 12.3. The molecule has 0 aliphatic heterocycles. The molecule has 1 heterocycles. The first-order valence-electron chi connectivity index (χ1n) is 6.61. The maximum atomic E-state index is 12.3. The van der Waals surface area contributed by atoms with Crippen LogP contribution in [0.15, 0.2) is 24.5 Å². The van der Waals surface area contributed by atoms with E-state index in [-0.39, 0.29) is 31.6 Å². The lowest BCUT2D eigenvalue weighted by molar-refractivity contribution is -0.204. The van der Waals surface area contributed by atoms with Gasteiger partial charge in [0.05, 0.1) is 12.5 Å². The molecule has 1 fully saturated rings. The maximum Gasteiger partial charge on any atom is 0.391 e. The fourth-order valence-corrected chi connectivity index (χ4v) is 2.22. The minimum Gasteiger partial charge on any atom is -0.349 e. The van der Waals surface area contributed by atoms with Crippen LogP contribution in [0.3, 0.4) is 0 Å². The topological polar surface area (TPSA) is 59.1 Å². The molecule has 0 bridgehead atoms. The zero-order chi connectivity index (χ0) is 15.5. The Balaban J connectivity index is 1.69. The van der Waals surface area contributed by atoms with Crippen molar-refractivity contribution in [1.82, 2.24) is 10.3 Å². The summed E-state index contributed by atoms with van der Waals surface area (Å²) in [7, 11) is 0. The molecule has 1 saturated carbocycles. The van der Waals surface area contributed by atoms with Crippen molar-refractivity contribution in [1.29, 1.82) is 0 Å². The Bertz CT molecular complexity index is 511. The zero-order valence-electron chi connectivity index (χ0n) is 11.2. The van der Waals surface area contributed by atoms with E-state index in [0.717, 1.165) is 5.56 Å². The van der Waals surface area contributed by atoms with Crippen LogP contribution in [0, 0.1) is 11.8 Å². The highest BCUT2D eigenvalue weighted by Crippen LogP contribution is 2.44. The summed E-state index contributed by atoms with van der Waals surface area (Å²) in [5.41, 5.74) is 0.782. The van der Waals surface area contributed by atoms with E-state index in [9.17, 15) is 22.8 Å². The molecule has 21 heavy (non-hydrogen) atoms. The van der Waals surface area contributed by atoms with Gasteiger partial charge in [-0.3, -0.25) is 14.6 Å². The Morgan fingerprint density at radius 2 is 1.86 bits per heavy atom. The highest BCUT2D eigenvalue weighted by molar-refractivity contribution is 5.88. The molecular weight excluding hydrogens is 285 g/mol. The largest absolute Gasteiger partial charge is 0.391 e. The van der Waals surface area contributed by atoms with Gasteiger partial charge in [-0.2, -0.15) is 13.2 Å². The minimum atomic E-state index is -4.23. The molecule has 0 radical (unpaired) electrons. The predicted molar refractivity (Wildman–Crippen MR) is 68.2 cm³/mol. The smallest absolute Gasteiger partial charge is 0.349 e. The summed E-state index contributed by atoms with van der Waals surface area (Å²) in [6.45, 7) is -0.158.